The van der Waals surface area contributed by atoms with Gasteiger partial charge in [0.25, 0.3) is 5.91 Å². The number of hydrogen-bond donors (Lipinski definition) is 3. The molecule has 0 radical (unpaired) electrons. The van der Waals surface area contributed by atoms with Gasteiger partial charge in [0.1, 0.15) is 36.6 Å². The van der Waals surface area contributed by atoms with Gasteiger partial charge in [-0.3, -0.25) is 4.79 Å². The van der Waals surface area contributed by atoms with Crippen LogP contribution in [-0.2, 0) is 11.3 Å². The summed E-state index contributed by atoms with van der Waals surface area (Å²) in [6.45, 7) is 4.08. The van der Waals surface area contributed by atoms with Gasteiger partial charge in [0.2, 0.25) is 0 Å². The first kappa shape index (κ1) is 33.0. The molecule has 0 aliphatic rings. The number of carbonyl (C=O) groups excluding carboxylic acids is 1. The number of benzene rings is 3. The first-order valence-electron chi connectivity index (χ1n) is 15.0. The summed E-state index contributed by atoms with van der Waals surface area (Å²) >= 11 is 0. The zero-order valence-electron chi connectivity index (χ0n) is 24.4. The van der Waals surface area contributed by atoms with Gasteiger partial charge < -0.3 is 30.0 Å². The SMILES string of the molecule is O=C(NCCCCCCOCCCCCNCC(O)COc1cccc(OCc2ccc(F)cc2)c1)c1ccccc1. The molecule has 42 heavy (non-hydrogen) atoms. The molecule has 1 unspecified atom stereocenters. The highest BCUT2D eigenvalue weighted by Crippen LogP contribution is 2.20. The lowest BCUT2D eigenvalue weighted by Crippen LogP contribution is -2.32. The van der Waals surface area contributed by atoms with Crippen molar-refractivity contribution in [1.29, 1.82) is 0 Å². The van der Waals surface area contributed by atoms with E-state index in [-0.39, 0.29) is 18.3 Å². The van der Waals surface area contributed by atoms with Crippen molar-refractivity contribution in [3.05, 3.63) is 95.8 Å². The largest absolute Gasteiger partial charge is 0.491 e. The second kappa shape index (κ2) is 20.4. The Kier molecular flexibility index (Phi) is 16.1. The predicted molar refractivity (Wildman–Crippen MR) is 163 cm³/mol. The van der Waals surface area contributed by atoms with Gasteiger partial charge in [-0.25, -0.2) is 4.39 Å². The van der Waals surface area contributed by atoms with Crippen molar-refractivity contribution in [2.45, 2.75) is 57.7 Å². The number of aliphatic hydroxyl groups excluding tert-OH is 1. The molecule has 0 spiro atoms. The number of carbonyl (C=O) groups is 1. The Morgan fingerprint density at radius 1 is 0.762 bits per heavy atom. The van der Waals surface area contributed by atoms with E-state index in [0.29, 0.717) is 36.8 Å². The molecule has 0 aliphatic heterocycles. The van der Waals surface area contributed by atoms with E-state index in [2.05, 4.69) is 10.6 Å². The van der Waals surface area contributed by atoms with Gasteiger partial charge in [-0.2, -0.15) is 0 Å². The molecule has 0 bridgehead atoms. The third kappa shape index (κ3) is 14.4. The maximum Gasteiger partial charge on any atom is 0.251 e. The highest BCUT2D eigenvalue weighted by atomic mass is 19.1. The molecular weight excluding hydrogens is 535 g/mol. The fourth-order valence-corrected chi connectivity index (χ4v) is 4.23. The summed E-state index contributed by atoms with van der Waals surface area (Å²) in [5, 5.41) is 16.5. The number of unbranched alkanes of at least 4 members (excludes halogenated alkanes) is 5. The summed E-state index contributed by atoms with van der Waals surface area (Å²) in [5.74, 6) is 0.989. The smallest absolute Gasteiger partial charge is 0.251 e. The topological polar surface area (TPSA) is 89.1 Å². The van der Waals surface area contributed by atoms with E-state index in [4.69, 9.17) is 14.2 Å². The Morgan fingerprint density at radius 2 is 1.43 bits per heavy atom. The summed E-state index contributed by atoms with van der Waals surface area (Å²) < 4.78 is 30.2. The van der Waals surface area contributed by atoms with Crippen LogP contribution in [0.25, 0.3) is 0 Å². The molecular formula is C34H45FN2O5. The standard InChI is InChI=1S/C34H45FN2O5/c35-30-18-16-28(17-19-30)26-41-32-14-11-15-33(24-32)42-27-31(38)25-36-20-7-4-10-23-40-22-9-2-1-8-21-37-34(39)29-12-5-3-6-13-29/h3,5-6,11-19,24,31,36,38H,1-2,4,7-10,20-23,25-27H2,(H,37,39). The number of rotatable bonds is 22. The van der Waals surface area contributed by atoms with Crippen molar-refractivity contribution in [1.82, 2.24) is 10.6 Å². The van der Waals surface area contributed by atoms with Crippen LogP contribution in [0.15, 0.2) is 78.9 Å². The first-order valence-corrected chi connectivity index (χ1v) is 15.0. The highest BCUT2D eigenvalue weighted by Gasteiger charge is 2.06. The molecule has 0 fully saturated rings. The molecule has 1 atom stereocenters. The van der Waals surface area contributed by atoms with E-state index in [1.807, 2.05) is 48.5 Å². The molecule has 3 aromatic rings. The van der Waals surface area contributed by atoms with Gasteiger partial charge >= 0.3 is 0 Å². The van der Waals surface area contributed by atoms with Crippen LogP contribution in [0.5, 0.6) is 11.5 Å². The fourth-order valence-electron chi connectivity index (χ4n) is 4.23. The number of halogens is 1. The molecule has 0 aliphatic carbocycles. The first-order chi connectivity index (χ1) is 20.6. The van der Waals surface area contributed by atoms with Crippen LogP contribution in [0.3, 0.4) is 0 Å². The summed E-state index contributed by atoms with van der Waals surface area (Å²) in [6, 6.07) is 22.8. The van der Waals surface area contributed by atoms with E-state index >= 15 is 0 Å². The Balaban J connectivity index is 1.08. The second-order valence-electron chi connectivity index (χ2n) is 10.3. The molecule has 0 aromatic heterocycles. The van der Waals surface area contributed by atoms with Gasteiger partial charge in [0.15, 0.2) is 0 Å². The Labute approximate surface area is 249 Å². The van der Waals surface area contributed by atoms with Crippen molar-refractivity contribution in [3.8, 4) is 11.5 Å². The van der Waals surface area contributed by atoms with Crippen LogP contribution >= 0.6 is 0 Å². The molecule has 0 saturated carbocycles. The van der Waals surface area contributed by atoms with Gasteiger partial charge in [-0.1, -0.05) is 49.2 Å². The van der Waals surface area contributed by atoms with E-state index in [9.17, 15) is 14.3 Å². The number of amides is 1. The molecule has 3 N–H and O–H groups in total. The quantitative estimate of drug-likeness (QED) is 0.128. The van der Waals surface area contributed by atoms with Gasteiger partial charge in [0.05, 0.1) is 0 Å². The van der Waals surface area contributed by atoms with Gasteiger partial charge in [0, 0.05) is 37.9 Å². The van der Waals surface area contributed by atoms with Crippen LogP contribution in [0, 0.1) is 5.82 Å². The molecule has 0 heterocycles. The van der Waals surface area contributed by atoms with Crippen molar-refractivity contribution in [2.24, 2.45) is 0 Å². The monoisotopic (exact) mass is 580 g/mol. The molecule has 3 rings (SSSR count). The van der Waals surface area contributed by atoms with E-state index in [0.717, 1.165) is 70.3 Å². The molecule has 8 heteroatoms. The summed E-state index contributed by atoms with van der Waals surface area (Å²) in [7, 11) is 0. The van der Waals surface area contributed by atoms with Crippen molar-refractivity contribution < 1.29 is 28.5 Å². The molecule has 228 valence electrons. The minimum absolute atomic E-state index is 0.00971. The zero-order valence-corrected chi connectivity index (χ0v) is 24.4. The van der Waals surface area contributed by atoms with Crippen LogP contribution in [0.2, 0.25) is 0 Å². The van der Waals surface area contributed by atoms with Crippen LogP contribution < -0.4 is 20.1 Å². The van der Waals surface area contributed by atoms with Crippen LogP contribution in [-0.4, -0.2) is 56.6 Å². The summed E-state index contributed by atoms with van der Waals surface area (Å²) in [5.41, 5.74) is 1.58. The van der Waals surface area contributed by atoms with E-state index in [1.165, 1.54) is 12.1 Å². The lowest BCUT2D eigenvalue weighted by atomic mass is 10.2. The zero-order chi connectivity index (χ0) is 29.7. The van der Waals surface area contributed by atoms with Gasteiger partial charge in [-0.15, -0.1) is 0 Å². The average molecular weight is 581 g/mol. The maximum atomic E-state index is 13.0. The minimum atomic E-state index is -0.614. The van der Waals surface area contributed by atoms with Gasteiger partial charge in [-0.05, 0) is 80.6 Å². The molecule has 0 saturated heterocycles. The molecule has 3 aromatic carbocycles. The summed E-state index contributed by atoms with van der Waals surface area (Å²) in [4.78, 5) is 12.0. The van der Waals surface area contributed by atoms with Crippen molar-refractivity contribution >= 4 is 5.91 Å². The molecule has 7 nitrogen and oxygen atoms in total. The van der Waals surface area contributed by atoms with Crippen LogP contribution in [0.4, 0.5) is 4.39 Å². The minimum Gasteiger partial charge on any atom is -0.491 e. The van der Waals surface area contributed by atoms with Crippen LogP contribution in [0.1, 0.15) is 60.9 Å². The number of hydrogen-bond acceptors (Lipinski definition) is 6. The Bertz CT molecular complexity index is 1130. The Morgan fingerprint density at radius 3 is 2.19 bits per heavy atom. The lowest BCUT2D eigenvalue weighted by molar-refractivity contribution is 0.0952. The number of ether oxygens (including phenoxy) is 3. The van der Waals surface area contributed by atoms with E-state index < -0.39 is 6.10 Å². The molecule has 1 amide bonds. The third-order valence-corrected chi connectivity index (χ3v) is 6.63. The second-order valence-corrected chi connectivity index (χ2v) is 10.3. The predicted octanol–water partition coefficient (Wildman–Crippen LogP) is 5.91. The normalized spacial score (nSPS) is 11.7. The highest BCUT2D eigenvalue weighted by molar-refractivity contribution is 5.94. The maximum absolute atomic E-state index is 13.0. The summed E-state index contributed by atoms with van der Waals surface area (Å²) in [6.07, 6.45) is 6.73. The Hall–Kier alpha value is -3.46. The van der Waals surface area contributed by atoms with E-state index in [1.54, 1.807) is 18.2 Å². The number of aliphatic hydroxyl groups is 1. The lowest BCUT2D eigenvalue weighted by Gasteiger charge is -2.14. The third-order valence-electron chi connectivity index (χ3n) is 6.63. The fraction of sp³-hybridized carbons (Fsp3) is 0.441. The van der Waals surface area contributed by atoms with Crippen molar-refractivity contribution in [2.75, 3.05) is 39.5 Å². The number of nitrogens with one attached hydrogen (secondary N) is 2. The van der Waals surface area contributed by atoms with Crippen molar-refractivity contribution in [3.63, 3.8) is 0 Å². The average Bonchev–Trinajstić information content (AvgIpc) is 3.02.